The Kier molecular flexibility index (Phi) is 5.59. The number of hydrogen-bond acceptors (Lipinski definition) is 2. The fourth-order valence-electron chi connectivity index (χ4n) is 11.1. The molecule has 5 aliphatic rings. The zero-order valence-electron chi connectivity index (χ0n) is 26.9. The fraction of sp³-hybridized carbons (Fsp3) is 0.217. The molecular weight excluding hydrogens is 581 g/mol. The van der Waals surface area contributed by atoms with E-state index in [1.165, 1.54) is 70.7 Å². The van der Waals surface area contributed by atoms with Crippen molar-refractivity contribution < 1.29 is 0 Å². The second-order valence-electron chi connectivity index (χ2n) is 15.0. The Hall–Kier alpha value is -5.08. The monoisotopic (exact) mass is 616 g/mol. The summed E-state index contributed by atoms with van der Waals surface area (Å²) in [7, 11) is 0. The Balaban J connectivity index is 1.15. The highest BCUT2D eigenvalue weighted by Gasteiger charge is 2.62. The number of benzene rings is 6. The van der Waals surface area contributed by atoms with Crippen LogP contribution in [0.25, 0.3) is 66.6 Å². The molecule has 6 aromatic carbocycles. The van der Waals surface area contributed by atoms with Crippen LogP contribution < -0.4 is 0 Å². The molecule has 1 spiro atoms. The van der Waals surface area contributed by atoms with Gasteiger partial charge in [-0.1, -0.05) is 127 Å². The quantitative estimate of drug-likeness (QED) is 0.197. The van der Waals surface area contributed by atoms with E-state index in [1.54, 1.807) is 11.1 Å². The van der Waals surface area contributed by atoms with E-state index in [1.807, 2.05) is 0 Å². The van der Waals surface area contributed by atoms with Gasteiger partial charge < -0.3 is 0 Å². The second kappa shape index (κ2) is 9.97. The van der Waals surface area contributed by atoms with Crippen LogP contribution in [0.15, 0.2) is 133 Å². The summed E-state index contributed by atoms with van der Waals surface area (Å²) in [5, 5.41) is 3.90. The van der Waals surface area contributed by atoms with Crippen LogP contribution in [0.2, 0.25) is 0 Å². The summed E-state index contributed by atoms with van der Waals surface area (Å²) in [6.45, 7) is 0. The van der Waals surface area contributed by atoms with Crippen molar-refractivity contribution in [1.82, 2.24) is 9.97 Å². The van der Waals surface area contributed by atoms with Crippen molar-refractivity contribution in [2.75, 3.05) is 0 Å². The maximum absolute atomic E-state index is 5.47. The third kappa shape index (κ3) is 3.64. The van der Waals surface area contributed by atoms with E-state index in [2.05, 4.69) is 133 Å². The Morgan fingerprint density at radius 3 is 1.94 bits per heavy atom. The molecule has 0 aliphatic heterocycles. The Morgan fingerprint density at radius 1 is 0.479 bits per heavy atom. The molecule has 4 saturated carbocycles. The fourth-order valence-corrected chi connectivity index (χ4v) is 11.1. The molecule has 0 N–H and O–H groups in total. The predicted octanol–water partition coefficient (Wildman–Crippen LogP) is 11.5. The summed E-state index contributed by atoms with van der Waals surface area (Å²) >= 11 is 0. The Labute approximate surface area is 281 Å². The molecule has 2 nitrogen and oxygen atoms in total. The van der Waals surface area contributed by atoms with E-state index >= 15 is 0 Å². The van der Waals surface area contributed by atoms with Gasteiger partial charge in [0.05, 0.1) is 11.2 Å². The van der Waals surface area contributed by atoms with Crippen molar-refractivity contribution in [3.63, 3.8) is 0 Å². The van der Waals surface area contributed by atoms with Gasteiger partial charge in [-0.15, -0.1) is 0 Å². The van der Waals surface area contributed by atoms with Gasteiger partial charge in [-0.25, -0.2) is 9.97 Å². The molecule has 5 aliphatic carbocycles. The molecule has 7 aromatic rings. The summed E-state index contributed by atoms with van der Waals surface area (Å²) in [5.41, 5.74) is 12.7. The van der Waals surface area contributed by atoms with Crippen LogP contribution in [0, 0.1) is 23.7 Å². The normalized spacial score (nSPS) is 24.8. The van der Waals surface area contributed by atoms with E-state index in [4.69, 9.17) is 9.97 Å². The molecule has 0 unspecified atom stereocenters. The number of para-hydroxylation sites is 1. The van der Waals surface area contributed by atoms with Gasteiger partial charge in [-0.2, -0.15) is 0 Å². The average molecular weight is 617 g/mol. The van der Waals surface area contributed by atoms with E-state index < -0.39 is 0 Å². The first-order chi connectivity index (χ1) is 23.8. The first kappa shape index (κ1) is 26.9. The van der Waals surface area contributed by atoms with Gasteiger partial charge in [-0.3, -0.25) is 0 Å². The van der Waals surface area contributed by atoms with Gasteiger partial charge in [0.15, 0.2) is 5.82 Å². The second-order valence-corrected chi connectivity index (χ2v) is 15.0. The Morgan fingerprint density at radius 2 is 1.15 bits per heavy atom. The number of rotatable bonds is 3. The minimum atomic E-state index is 0.0713. The SMILES string of the molecule is c1ccc(-c2ccc(-c3nc(-c4cccc5c4-c4ccc6ccccc6c4C54C5CC6CC(C5)CC4C6)nc4ccccc34)cc2)cc1. The van der Waals surface area contributed by atoms with E-state index in [-0.39, 0.29) is 5.41 Å². The van der Waals surface area contributed by atoms with Gasteiger partial charge in [0.1, 0.15) is 0 Å². The zero-order valence-corrected chi connectivity index (χ0v) is 26.9. The molecule has 1 heterocycles. The largest absolute Gasteiger partial charge is 0.228 e. The summed E-state index contributed by atoms with van der Waals surface area (Å²) < 4.78 is 0. The van der Waals surface area contributed by atoms with Crippen LogP contribution in [-0.2, 0) is 5.41 Å². The molecule has 0 saturated heterocycles. The molecule has 4 fully saturated rings. The van der Waals surface area contributed by atoms with E-state index in [9.17, 15) is 0 Å². The lowest BCUT2D eigenvalue weighted by Gasteiger charge is -2.61. The van der Waals surface area contributed by atoms with Crippen LogP contribution in [0.5, 0.6) is 0 Å². The molecule has 0 amide bonds. The molecule has 0 radical (unpaired) electrons. The van der Waals surface area contributed by atoms with Crippen LogP contribution >= 0.6 is 0 Å². The maximum atomic E-state index is 5.47. The van der Waals surface area contributed by atoms with Crippen molar-refractivity contribution in [1.29, 1.82) is 0 Å². The molecule has 1 aromatic heterocycles. The van der Waals surface area contributed by atoms with Crippen molar-refractivity contribution >= 4 is 21.7 Å². The third-order valence-corrected chi connectivity index (χ3v) is 12.7. The van der Waals surface area contributed by atoms with Crippen molar-refractivity contribution in [2.24, 2.45) is 23.7 Å². The summed E-state index contributed by atoms with van der Waals surface area (Å²) in [5.74, 6) is 4.04. The number of aromatic nitrogens is 2. The lowest BCUT2D eigenvalue weighted by Crippen LogP contribution is -2.55. The van der Waals surface area contributed by atoms with Crippen LogP contribution in [0.4, 0.5) is 0 Å². The van der Waals surface area contributed by atoms with Gasteiger partial charge in [0.2, 0.25) is 0 Å². The van der Waals surface area contributed by atoms with Crippen LogP contribution in [0.1, 0.15) is 43.2 Å². The standard InChI is InChI=1S/C46H36N2/c1-2-9-30(10-3-1)31-17-19-33(20-18-31)44-37-13-6-7-16-41(37)47-45(48-44)39-14-8-15-40-42(39)38-22-21-32-11-4-5-12-36(32)43(38)46(40)34-24-28-23-29(26-34)27-35(46)25-28/h1-22,28-29,34-35H,23-27H2. The molecular formula is C46H36N2. The van der Waals surface area contributed by atoms with Crippen LogP contribution in [-0.4, -0.2) is 9.97 Å². The predicted molar refractivity (Wildman–Crippen MR) is 197 cm³/mol. The van der Waals surface area contributed by atoms with Crippen molar-refractivity contribution in [3.8, 4) is 44.9 Å². The average Bonchev–Trinajstić information content (AvgIpc) is 3.45. The molecule has 12 rings (SSSR count). The van der Waals surface area contributed by atoms with Gasteiger partial charge in [-0.05, 0) is 106 Å². The highest BCUT2D eigenvalue weighted by molar-refractivity contribution is 6.02. The van der Waals surface area contributed by atoms with Gasteiger partial charge >= 0.3 is 0 Å². The first-order valence-corrected chi connectivity index (χ1v) is 17.8. The summed E-state index contributed by atoms with van der Waals surface area (Å²) in [4.78, 5) is 10.8. The van der Waals surface area contributed by atoms with E-state index in [0.29, 0.717) is 11.8 Å². The minimum Gasteiger partial charge on any atom is -0.228 e. The molecule has 48 heavy (non-hydrogen) atoms. The lowest BCUT2D eigenvalue weighted by atomic mass is 9.43. The smallest absolute Gasteiger partial charge is 0.161 e. The zero-order chi connectivity index (χ0) is 31.4. The lowest BCUT2D eigenvalue weighted by molar-refractivity contribution is -0.0393. The molecule has 0 atom stereocenters. The van der Waals surface area contributed by atoms with Crippen molar-refractivity contribution in [3.05, 3.63) is 145 Å². The van der Waals surface area contributed by atoms with Gasteiger partial charge in [0, 0.05) is 21.9 Å². The number of nitrogens with zero attached hydrogens (tertiary/aromatic N) is 2. The molecule has 230 valence electrons. The Bertz CT molecular complexity index is 2380. The molecule has 2 heteroatoms. The van der Waals surface area contributed by atoms with Gasteiger partial charge in [0.25, 0.3) is 0 Å². The number of fused-ring (bicyclic) bond motifs is 6. The number of hydrogen-bond donors (Lipinski definition) is 0. The summed E-state index contributed by atoms with van der Waals surface area (Å²) in [6.07, 6.45) is 6.94. The van der Waals surface area contributed by atoms with Crippen LogP contribution in [0.3, 0.4) is 0 Å². The third-order valence-electron chi connectivity index (χ3n) is 12.7. The summed E-state index contributed by atoms with van der Waals surface area (Å²) in [6, 6.07) is 49.0. The van der Waals surface area contributed by atoms with Crippen molar-refractivity contribution in [2.45, 2.75) is 37.5 Å². The highest BCUT2D eigenvalue weighted by atomic mass is 14.9. The molecule has 4 bridgehead atoms. The van der Waals surface area contributed by atoms with E-state index in [0.717, 1.165) is 39.8 Å². The highest BCUT2D eigenvalue weighted by Crippen LogP contribution is 2.70. The maximum Gasteiger partial charge on any atom is 0.161 e. The first-order valence-electron chi connectivity index (χ1n) is 17.8. The minimum absolute atomic E-state index is 0.0713. The topological polar surface area (TPSA) is 25.8 Å².